The predicted molar refractivity (Wildman–Crippen MR) is 91.5 cm³/mol. The number of hydrogen-bond acceptors (Lipinski definition) is 4. The number of halogens is 4. The molecule has 0 unspecified atom stereocenters. The first kappa shape index (κ1) is 18.3. The molecule has 0 bridgehead atoms. The third-order valence-corrected chi connectivity index (χ3v) is 4.17. The van der Waals surface area contributed by atoms with Crippen molar-refractivity contribution < 1.29 is 22.7 Å². The van der Waals surface area contributed by atoms with Gasteiger partial charge in [0.25, 0.3) is 0 Å². The van der Waals surface area contributed by atoms with Crippen molar-refractivity contribution in [2.75, 3.05) is 23.3 Å². The molecule has 1 N–H and O–H groups in total. The number of ether oxygens (including phenoxy) is 1. The summed E-state index contributed by atoms with van der Waals surface area (Å²) in [6.07, 6.45) is -1.87. The summed E-state index contributed by atoms with van der Waals surface area (Å²) in [6, 6.07) is 7.45. The van der Waals surface area contributed by atoms with Crippen LogP contribution in [-0.4, -0.2) is 30.3 Å². The van der Waals surface area contributed by atoms with Gasteiger partial charge in [-0.3, -0.25) is 4.79 Å². The van der Waals surface area contributed by atoms with Gasteiger partial charge in [-0.25, -0.2) is 4.98 Å². The van der Waals surface area contributed by atoms with Gasteiger partial charge in [-0.05, 0) is 48.7 Å². The third-order valence-electron chi connectivity index (χ3n) is 3.87. The molecular weight excluding hydrogens is 371 g/mol. The standard InChI is InChI=1S/C17H15ClF3N3O2/c18-16-13(4-1-7-22-16)23-15(25)10-24-8-2-3-11-9-12(5-6-14(11)24)26-17(19,20)21/h1,4-7,9H,2-3,8,10H2,(H,23,25). The Labute approximate surface area is 152 Å². The number of fused-ring (bicyclic) bond motifs is 1. The monoisotopic (exact) mass is 385 g/mol. The molecule has 1 aliphatic heterocycles. The van der Waals surface area contributed by atoms with Crippen molar-refractivity contribution in [1.82, 2.24) is 4.98 Å². The van der Waals surface area contributed by atoms with Gasteiger partial charge in [-0.15, -0.1) is 13.2 Å². The molecule has 2 heterocycles. The molecule has 26 heavy (non-hydrogen) atoms. The number of amides is 1. The van der Waals surface area contributed by atoms with E-state index in [1.54, 1.807) is 18.2 Å². The van der Waals surface area contributed by atoms with Crippen LogP contribution in [0.3, 0.4) is 0 Å². The number of carbonyl (C=O) groups is 1. The lowest BCUT2D eigenvalue weighted by molar-refractivity contribution is -0.274. The fourth-order valence-corrected chi connectivity index (χ4v) is 3.02. The van der Waals surface area contributed by atoms with Crippen molar-refractivity contribution in [2.24, 2.45) is 0 Å². The molecule has 2 aromatic rings. The smallest absolute Gasteiger partial charge is 0.406 e. The van der Waals surface area contributed by atoms with Crippen LogP contribution in [0.4, 0.5) is 24.5 Å². The van der Waals surface area contributed by atoms with Gasteiger partial charge in [0, 0.05) is 18.4 Å². The van der Waals surface area contributed by atoms with Gasteiger partial charge in [-0.2, -0.15) is 0 Å². The molecule has 1 aliphatic rings. The van der Waals surface area contributed by atoms with E-state index in [1.165, 1.54) is 18.3 Å². The third kappa shape index (κ3) is 4.57. The maximum Gasteiger partial charge on any atom is 0.573 e. The first-order valence-electron chi connectivity index (χ1n) is 7.86. The molecule has 5 nitrogen and oxygen atoms in total. The molecule has 3 rings (SSSR count). The summed E-state index contributed by atoms with van der Waals surface area (Å²) in [4.78, 5) is 18.0. The molecule has 0 fully saturated rings. The Balaban J connectivity index is 1.71. The summed E-state index contributed by atoms with van der Waals surface area (Å²) in [7, 11) is 0. The Kier molecular flexibility index (Phi) is 5.22. The zero-order chi connectivity index (χ0) is 18.7. The minimum Gasteiger partial charge on any atom is -0.406 e. The molecule has 9 heteroatoms. The van der Waals surface area contributed by atoms with Gasteiger partial charge in [-0.1, -0.05) is 11.6 Å². The number of nitrogens with one attached hydrogen (secondary N) is 1. The summed E-state index contributed by atoms with van der Waals surface area (Å²) in [6.45, 7) is 0.679. The summed E-state index contributed by atoms with van der Waals surface area (Å²) in [5.74, 6) is -0.548. The molecule has 0 saturated heterocycles. The second kappa shape index (κ2) is 7.41. The summed E-state index contributed by atoms with van der Waals surface area (Å²) in [5.41, 5.74) is 1.84. The predicted octanol–water partition coefficient (Wildman–Crippen LogP) is 4.02. The SMILES string of the molecule is O=C(CN1CCCc2cc(OC(F)(F)F)ccc21)Nc1cccnc1Cl. The highest BCUT2D eigenvalue weighted by molar-refractivity contribution is 6.32. The van der Waals surface area contributed by atoms with Crippen molar-refractivity contribution in [3.63, 3.8) is 0 Å². The van der Waals surface area contributed by atoms with Crippen molar-refractivity contribution in [3.05, 3.63) is 47.2 Å². The molecule has 1 amide bonds. The van der Waals surface area contributed by atoms with Gasteiger partial charge in [0.1, 0.15) is 5.75 Å². The first-order chi connectivity index (χ1) is 12.3. The number of benzene rings is 1. The Morgan fingerprint density at radius 2 is 2.15 bits per heavy atom. The van der Waals surface area contributed by atoms with Gasteiger partial charge in [0.05, 0.1) is 12.2 Å². The number of rotatable bonds is 4. The second-order valence-corrected chi connectivity index (χ2v) is 6.11. The van der Waals surface area contributed by atoms with Gasteiger partial charge in [0.2, 0.25) is 5.91 Å². The van der Waals surface area contributed by atoms with E-state index >= 15 is 0 Å². The normalized spacial score (nSPS) is 13.9. The Bertz CT molecular complexity index is 814. The zero-order valence-electron chi connectivity index (χ0n) is 13.5. The number of pyridine rings is 1. The number of hydrogen-bond donors (Lipinski definition) is 1. The molecule has 0 saturated carbocycles. The van der Waals surface area contributed by atoms with E-state index in [-0.39, 0.29) is 23.4 Å². The fourth-order valence-electron chi connectivity index (χ4n) is 2.86. The lowest BCUT2D eigenvalue weighted by atomic mass is 10.0. The van der Waals surface area contributed by atoms with Crippen LogP contribution in [-0.2, 0) is 11.2 Å². The number of aryl methyl sites for hydroxylation is 1. The number of carbonyl (C=O) groups excluding carboxylic acids is 1. The molecule has 0 aliphatic carbocycles. The van der Waals surface area contributed by atoms with Crippen LogP contribution < -0.4 is 15.0 Å². The van der Waals surface area contributed by atoms with Gasteiger partial charge >= 0.3 is 6.36 Å². The Hall–Kier alpha value is -2.48. The molecule has 0 atom stereocenters. The fraction of sp³-hybridized carbons (Fsp3) is 0.294. The molecule has 0 radical (unpaired) electrons. The Morgan fingerprint density at radius 1 is 1.35 bits per heavy atom. The number of aromatic nitrogens is 1. The van der Waals surface area contributed by atoms with E-state index in [2.05, 4.69) is 15.0 Å². The summed E-state index contributed by atoms with van der Waals surface area (Å²) >= 11 is 5.92. The topological polar surface area (TPSA) is 54.5 Å². The lowest BCUT2D eigenvalue weighted by Gasteiger charge is -2.31. The van der Waals surface area contributed by atoms with E-state index in [0.717, 1.165) is 12.1 Å². The summed E-state index contributed by atoms with van der Waals surface area (Å²) < 4.78 is 41.0. The lowest BCUT2D eigenvalue weighted by Crippen LogP contribution is -2.36. The average molecular weight is 386 g/mol. The molecule has 138 valence electrons. The molecular formula is C17H15ClF3N3O2. The number of nitrogens with zero attached hydrogens (tertiary/aromatic N) is 2. The van der Waals surface area contributed by atoms with E-state index in [4.69, 9.17) is 11.6 Å². The molecule has 1 aromatic heterocycles. The largest absolute Gasteiger partial charge is 0.573 e. The van der Waals surface area contributed by atoms with E-state index in [9.17, 15) is 18.0 Å². The quantitative estimate of drug-likeness (QED) is 0.807. The van der Waals surface area contributed by atoms with Crippen LogP contribution in [0.25, 0.3) is 0 Å². The van der Waals surface area contributed by atoms with Gasteiger partial charge in [0.15, 0.2) is 5.15 Å². The molecule has 0 spiro atoms. The van der Waals surface area contributed by atoms with Crippen LogP contribution in [0.15, 0.2) is 36.5 Å². The van der Waals surface area contributed by atoms with Crippen LogP contribution in [0.5, 0.6) is 5.75 Å². The minimum absolute atomic E-state index is 0.0533. The van der Waals surface area contributed by atoms with Crippen molar-refractivity contribution >= 4 is 28.9 Å². The first-order valence-corrected chi connectivity index (χ1v) is 8.23. The number of anilines is 2. The van der Waals surface area contributed by atoms with Crippen LogP contribution in [0.1, 0.15) is 12.0 Å². The van der Waals surface area contributed by atoms with E-state index in [1.807, 2.05) is 4.90 Å². The molecule has 1 aromatic carbocycles. The van der Waals surface area contributed by atoms with E-state index < -0.39 is 6.36 Å². The maximum atomic E-state index is 12.4. The highest BCUT2D eigenvalue weighted by Gasteiger charge is 2.31. The van der Waals surface area contributed by atoms with Crippen molar-refractivity contribution in [2.45, 2.75) is 19.2 Å². The second-order valence-electron chi connectivity index (χ2n) is 5.75. The maximum absolute atomic E-state index is 12.4. The minimum atomic E-state index is -4.73. The zero-order valence-corrected chi connectivity index (χ0v) is 14.3. The highest BCUT2D eigenvalue weighted by atomic mass is 35.5. The van der Waals surface area contributed by atoms with Crippen LogP contribution in [0.2, 0.25) is 5.15 Å². The average Bonchev–Trinajstić information content (AvgIpc) is 2.55. The summed E-state index contributed by atoms with van der Waals surface area (Å²) in [5, 5.41) is 2.87. The van der Waals surface area contributed by atoms with Crippen LogP contribution in [0, 0.1) is 0 Å². The van der Waals surface area contributed by atoms with Crippen molar-refractivity contribution in [1.29, 1.82) is 0 Å². The Morgan fingerprint density at radius 3 is 2.88 bits per heavy atom. The highest BCUT2D eigenvalue weighted by Crippen LogP contribution is 2.32. The van der Waals surface area contributed by atoms with Gasteiger partial charge < -0.3 is 15.0 Å². The van der Waals surface area contributed by atoms with Crippen molar-refractivity contribution in [3.8, 4) is 5.75 Å². The van der Waals surface area contributed by atoms with Crippen LogP contribution >= 0.6 is 11.6 Å². The van der Waals surface area contributed by atoms with E-state index in [0.29, 0.717) is 24.2 Å². The number of alkyl halides is 3.